The number of nitrogens with one attached hydrogen (secondary N) is 2. The zero-order valence-corrected chi connectivity index (χ0v) is 14.3. The average Bonchev–Trinajstić information content (AvgIpc) is 3.11. The van der Waals surface area contributed by atoms with Gasteiger partial charge in [-0.05, 0) is 43.4 Å². The molecule has 4 rings (SSSR count). The molecule has 0 spiro atoms. The van der Waals surface area contributed by atoms with E-state index in [0.29, 0.717) is 35.8 Å². The summed E-state index contributed by atoms with van der Waals surface area (Å²) in [7, 11) is 0. The zero-order valence-electron chi connectivity index (χ0n) is 14.3. The highest BCUT2D eigenvalue weighted by Gasteiger charge is 2.36. The molecule has 6 heteroatoms. The molecule has 0 radical (unpaired) electrons. The first-order chi connectivity index (χ1) is 12.2. The number of piperidine rings is 1. The van der Waals surface area contributed by atoms with Gasteiger partial charge in [-0.3, -0.25) is 9.59 Å². The summed E-state index contributed by atoms with van der Waals surface area (Å²) in [5.41, 5.74) is 0.559. The minimum atomic E-state index is -0.125. The van der Waals surface area contributed by atoms with Crippen molar-refractivity contribution in [1.82, 2.24) is 10.6 Å². The van der Waals surface area contributed by atoms with Gasteiger partial charge in [-0.15, -0.1) is 0 Å². The monoisotopic (exact) mass is 344 g/mol. The third-order valence-electron chi connectivity index (χ3n) is 5.55. The van der Waals surface area contributed by atoms with E-state index in [0.717, 1.165) is 12.8 Å². The fraction of sp³-hybridized carbons (Fsp3) is 0.579. The van der Waals surface area contributed by atoms with Gasteiger partial charge in [0.1, 0.15) is 0 Å². The lowest BCUT2D eigenvalue weighted by Gasteiger charge is -2.39. The fourth-order valence-corrected chi connectivity index (χ4v) is 4.22. The van der Waals surface area contributed by atoms with E-state index in [1.165, 1.54) is 19.3 Å². The maximum Gasteiger partial charge on any atom is 0.251 e. The Kier molecular flexibility index (Phi) is 4.51. The Labute approximate surface area is 147 Å². The molecule has 1 saturated carbocycles. The van der Waals surface area contributed by atoms with E-state index in [4.69, 9.17) is 9.47 Å². The summed E-state index contributed by atoms with van der Waals surface area (Å²) in [4.78, 5) is 24.6. The predicted octanol–water partition coefficient (Wildman–Crippen LogP) is 2.37. The molecule has 1 aromatic rings. The van der Waals surface area contributed by atoms with Crippen LogP contribution in [0, 0.1) is 5.92 Å². The second-order valence-electron chi connectivity index (χ2n) is 7.18. The Balaban J connectivity index is 1.47. The highest BCUT2D eigenvalue weighted by Crippen LogP contribution is 2.33. The highest BCUT2D eigenvalue weighted by atomic mass is 16.7. The minimum absolute atomic E-state index is 0.0151. The molecule has 0 unspecified atom stereocenters. The van der Waals surface area contributed by atoms with Gasteiger partial charge >= 0.3 is 0 Å². The molecule has 6 nitrogen and oxygen atoms in total. The average molecular weight is 344 g/mol. The van der Waals surface area contributed by atoms with Crippen molar-refractivity contribution in [1.29, 1.82) is 0 Å². The molecule has 25 heavy (non-hydrogen) atoms. The molecular weight excluding hydrogens is 320 g/mol. The summed E-state index contributed by atoms with van der Waals surface area (Å²) < 4.78 is 10.6. The Morgan fingerprint density at radius 1 is 1.08 bits per heavy atom. The van der Waals surface area contributed by atoms with E-state index in [1.54, 1.807) is 18.2 Å². The maximum atomic E-state index is 12.7. The van der Waals surface area contributed by atoms with Gasteiger partial charge in [0, 0.05) is 12.0 Å². The van der Waals surface area contributed by atoms with Crippen LogP contribution < -0.4 is 20.1 Å². The van der Waals surface area contributed by atoms with Crippen molar-refractivity contribution in [2.45, 2.75) is 57.0 Å². The van der Waals surface area contributed by atoms with Crippen molar-refractivity contribution >= 4 is 11.8 Å². The largest absolute Gasteiger partial charge is 0.454 e. The molecule has 1 aliphatic carbocycles. The van der Waals surface area contributed by atoms with Gasteiger partial charge in [0.2, 0.25) is 12.7 Å². The summed E-state index contributed by atoms with van der Waals surface area (Å²) in [6, 6.07) is 5.26. The summed E-state index contributed by atoms with van der Waals surface area (Å²) in [6.45, 7) is 0.193. The molecule has 2 N–H and O–H groups in total. The number of rotatable bonds is 3. The fourth-order valence-electron chi connectivity index (χ4n) is 4.22. The summed E-state index contributed by atoms with van der Waals surface area (Å²) >= 11 is 0. The highest BCUT2D eigenvalue weighted by molar-refractivity contribution is 5.95. The molecule has 0 bridgehead atoms. The van der Waals surface area contributed by atoms with Crippen molar-refractivity contribution < 1.29 is 19.1 Å². The summed E-state index contributed by atoms with van der Waals surface area (Å²) in [6.07, 6.45) is 7.10. The van der Waals surface area contributed by atoms with E-state index in [1.807, 2.05) is 0 Å². The van der Waals surface area contributed by atoms with Crippen LogP contribution in [0.5, 0.6) is 11.5 Å². The van der Waals surface area contributed by atoms with Crippen LogP contribution in [0.15, 0.2) is 18.2 Å². The van der Waals surface area contributed by atoms with Gasteiger partial charge in [-0.1, -0.05) is 19.3 Å². The Morgan fingerprint density at radius 3 is 2.72 bits per heavy atom. The van der Waals surface area contributed by atoms with Crippen LogP contribution in [0.1, 0.15) is 55.3 Å². The minimum Gasteiger partial charge on any atom is -0.454 e. The molecule has 134 valence electrons. The lowest BCUT2D eigenvalue weighted by Crippen LogP contribution is -2.58. The molecule has 0 aromatic heterocycles. The quantitative estimate of drug-likeness (QED) is 0.883. The van der Waals surface area contributed by atoms with Crippen LogP contribution in [0.2, 0.25) is 0 Å². The van der Waals surface area contributed by atoms with E-state index in [-0.39, 0.29) is 30.7 Å². The zero-order chi connectivity index (χ0) is 17.2. The molecule has 2 aliphatic heterocycles. The molecule has 1 aromatic carbocycles. The van der Waals surface area contributed by atoms with Gasteiger partial charge in [0.25, 0.3) is 5.91 Å². The van der Waals surface area contributed by atoms with Crippen molar-refractivity contribution in [3.63, 3.8) is 0 Å². The smallest absolute Gasteiger partial charge is 0.251 e. The van der Waals surface area contributed by atoms with E-state index in [2.05, 4.69) is 10.6 Å². The predicted molar refractivity (Wildman–Crippen MR) is 91.6 cm³/mol. The molecule has 3 aliphatic rings. The lowest BCUT2D eigenvalue weighted by atomic mass is 9.78. The van der Waals surface area contributed by atoms with Gasteiger partial charge in [0.05, 0.1) is 12.1 Å². The number of carbonyl (C=O) groups excluding carboxylic acids is 2. The first-order valence-corrected chi connectivity index (χ1v) is 9.20. The van der Waals surface area contributed by atoms with Crippen molar-refractivity contribution in [2.75, 3.05) is 6.79 Å². The number of hydrogen-bond donors (Lipinski definition) is 2. The van der Waals surface area contributed by atoms with E-state index >= 15 is 0 Å². The van der Waals surface area contributed by atoms with Crippen molar-refractivity contribution in [3.05, 3.63) is 23.8 Å². The maximum absolute atomic E-state index is 12.7. The van der Waals surface area contributed by atoms with Crippen LogP contribution >= 0.6 is 0 Å². The molecular formula is C19H24N2O4. The number of fused-ring (bicyclic) bond motifs is 1. The third-order valence-corrected chi connectivity index (χ3v) is 5.55. The normalized spacial score (nSPS) is 26.2. The van der Waals surface area contributed by atoms with Crippen molar-refractivity contribution in [2.24, 2.45) is 5.92 Å². The lowest BCUT2D eigenvalue weighted by molar-refractivity contribution is -0.124. The van der Waals surface area contributed by atoms with Crippen LogP contribution in [0.25, 0.3) is 0 Å². The van der Waals surface area contributed by atoms with Crippen molar-refractivity contribution in [3.8, 4) is 11.5 Å². The SMILES string of the molecule is O=C1CC[C@@H](NC(=O)c2ccc3c(c2)OCO3)[C@@H](C2CCCCC2)N1. The van der Waals surface area contributed by atoms with Crippen LogP contribution in [-0.4, -0.2) is 30.7 Å². The van der Waals surface area contributed by atoms with Crippen LogP contribution in [0.3, 0.4) is 0 Å². The third kappa shape index (κ3) is 3.43. The van der Waals surface area contributed by atoms with Crippen LogP contribution in [0.4, 0.5) is 0 Å². The standard InChI is InChI=1S/C19H24N2O4/c22-17-9-7-14(18(21-17)12-4-2-1-3-5-12)20-19(23)13-6-8-15-16(10-13)25-11-24-15/h6,8,10,12,14,18H,1-5,7,9,11H2,(H,20,23)(H,21,22)/t14-,18-/m1/s1. The topological polar surface area (TPSA) is 76.7 Å². The van der Waals surface area contributed by atoms with Gasteiger partial charge in [0.15, 0.2) is 11.5 Å². The number of amides is 2. The first kappa shape index (κ1) is 16.2. The van der Waals surface area contributed by atoms with E-state index < -0.39 is 0 Å². The number of carbonyl (C=O) groups is 2. The van der Waals surface area contributed by atoms with Gasteiger partial charge in [-0.2, -0.15) is 0 Å². The second-order valence-corrected chi connectivity index (χ2v) is 7.18. The molecule has 2 fully saturated rings. The summed E-state index contributed by atoms with van der Waals surface area (Å²) in [5.74, 6) is 1.71. The summed E-state index contributed by atoms with van der Waals surface area (Å²) in [5, 5.41) is 6.28. The Morgan fingerprint density at radius 2 is 1.88 bits per heavy atom. The Bertz CT molecular complexity index is 669. The molecule has 1 saturated heterocycles. The van der Waals surface area contributed by atoms with E-state index in [9.17, 15) is 9.59 Å². The number of ether oxygens (including phenoxy) is 2. The Hall–Kier alpha value is -2.24. The van der Waals surface area contributed by atoms with Gasteiger partial charge < -0.3 is 20.1 Å². The van der Waals surface area contributed by atoms with Crippen LogP contribution in [-0.2, 0) is 4.79 Å². The first-order valence-electron chi connectivity index (χ1n) is 9.20. The number of benzene rings is 1. The van der Waals surface area contributed by atoms with Gasteiger partial charge in [-0.25, -0.2) is 0 Å². The number of hydrogen-bond acceptors (Lipinski definition) is 4. The second kappa shape index (κ2) is 6.94. The molecule has 2 atom stereocenters. The molecule has 2 amide bonds. The molecule has 2 heterocycles.